The molecular formula is C15H19N3O. The highest BCUT2D eigenvalue weighted by atomic mass is 16.1. The van der Waals surface area contributed by atoms with E-state index in [-0.39, 0.29) is 11.9 Å². The fourth-order valence-corrected chi connectivity index (χ4v) is 2.11. The lowest BCUT2D eigenvalue weighted by Crippen LogP contribution is -2.30. The number of amides is 1. The number of carbonyl (C=O) groups is 1. The number of rotatable bonds is 4. The molecule has 19 heavy (non-hydrogen) atoms. The molecule has 1 aromatic carbocycles. The van der Waals surface area contributed by atoms with Crippen LogP contribution < -0.4 is 5.32 Å². The zero-order valence-corrected chi connectivity index (χ0v) is 11.6. The molecule has 0 aliphatic heterocycles. The largest absolute Gasteiger partial charge is 0.350 e. The van der Waals surface area contributed by atoms with E-state index in [9.17, 15) is 4.79 Å². The number of nitrogens with zero attached hydrogens (tertiary/aromatic N) is 2. The SMILES string of the molecule is Cc1cc(C)n([C@@H](C)CNC(=O)c2ccccc2)n1. The number of hydrogen-bond acceptors (Lipinski definition) is 2. The van der Waals surface area contributed by atoms with Gasteiger partial charge in [-0.25, -0.2) is 0 Å². The van der Waals surface area contributed by atoms with E-state index >= 15 is 0 Å². The normalized spacial score (nSPS) is 12.2. The van der Waals surface area contributed by atoms with Crippen LogP contribution in [0.2, 0.25) is 0 Å². The van der Waals surface area contributed by atoms with Crippen LogP contribution in [0.4, 0.5) is 0 Å². The lowest BCUT2D eigenvalue weighted by molar-refractivity contribution is 0.0947. The molecule has 0 bridgehead atoms. The molecule has 0 unspecified atom stereocenters. The van der Waals surface area contributed by atoms with Crippen molar-refractivity contribution in [3.63, 3.8) is 0 Å². The Hall–Kier alpha value is -2.10. The van der Waals surface area contributed by atoms with Crippen LogP contribution in [0.15, 0.2) is 36.4 Å². The van der Waals surface area contributed by atoms with E-state index in [4.69, 9.17) is 0 Å². The third-order valence-corrected chi connectivity index (χ3v) is 3.06. The van der Waals surface area contributed by atoms with Gasteiger partial charge in [-0.1, -0.05) is 18.2 Å². The Kier molecular flexibility index (Phi) is 4.00. The van der Waals surface area contributed by atoms with Crippen molar-refractivity contribution in [1.29, 1.82) is 0 Å². The van der Waals surface area contributed by atoms with Crippen molar-refractivity contribution in [1.82, 2.24) is 15.1 Å². The second-order valence-corrected chi connectivity index (χ2v) is 4.80. The van der Waals surface area contributed by atoms with Gasteiger partial charge in [0.1, 0.15) is 0 Å². The molecule has 0 fully saturated rings. The molecule has 0 aliphatic carbocycles. The molecule has 2 rings (SSSR count). The number of benzene rings is 1. The Bertz CT molecular complexity index is 560. The van der Waals surface area contributed by atoms with E-state index in [2.05, 4.69) is 10.4 Å². The van der Waals surface area contributed by atoms with Crippen molar-refractivity contribution in [3.05, 3.63) is 53.3 Å². The van der Waals surface area contributed by atoms with E-state index in [1.807, 2.05) is 61.9 Å². The summed E-state index contributed by atoms with van der Waals surface area (Å²) in [4.78, 5) is 11.9. The second kappa shape index (κ2) is 5.69. The number of nitrogens with one attached hydrogen (secondary N) is 1. The number of aryl methyl sites for hydroxylation is 2. The molecule has 0 saturated carbocycles. The van der Waals surface area contributed by atoms with Gasteiger partial charge in [-0.2, -0.15) is 5.10 Å². The zero-order valence-electron chi connectivity index (χ0n) is 11.6. The molecule has 1 N–H and O–H groups in total. The third kappa shape index (κ3) is 3.22. The molecule has 4 nitrogen and oxygen atoms in total. The molecule has 1 heterocycles. The minimum absolute atomic E-state index is 0.0472. The van der Waals surface area contributed by atoms with Crippen LogP contribution in [-0.4, -0.2) is 22.2 Å². The van der Waals surface area contributed by atoms with Gasteiger partial charge in [0.15, 0.2) is 0 Å². The van der Waals surface area contributed by atoms with Gasteiger partial charge in [0.2, 0.25) is 0 Å². The van der Waals surface area contributed by atoms with Crippen LogP contribution in [0.3, 0.4) is 0 Å². The van der Waals surface area contributed by atoms with Gasteiger partial charge in [-0.3, -0.25) is 9.48 Å². The van der Waals surface area contributed by atoms with Crippen LogP contribution >= 0.6 is 0 Å². The lowest BCUT2D eigenvalue weighted by Gasteiger charge is -2.15. The van der Waals surface area contributed by atoms with Gasteiger partial charge in [0, 0.05) is 17.8 Å². The highest BCUT2D eigenvalue weighted by molar-refractivity contribution is 5.94. The smallest absolute Gasteiger partial charge is 0.251 e. The van der Waals surface area contributed by atoms with Crippen LogP contribution in [0.5, 0.6) is 0 Å². The second-order valence-electron chi connectivity index (χ2n) is 4.80. The quantitative estimate of drug-likeness (QED) is 0.914. The Labute approximate surface area is 113 Å². The monoisotopic (exact) mass is 257 g/mol. The van der Waals surface area contributed by atoms with Crippen molar-refractivity contribution < 1.29 is 4.79 Å². The van der Waals surface area contributed by atoms with Crippen molar-refractivity contribution in [2.24, 2.45) is 0 Å². The molecule has 2 aromatic rings. The Balaban J connectivity index is 1.96. The van der Waals surface area contributed by atoms with E-state index in [0.717, 1.165) is 11.4 Å². The van der Waals surface area contributed by atoms with Crippen molar-refractivity contribution in [3.8, 4) is 0 Å². The molecule has 0 spiro atoms. The summed E-state index contributed by atoms with van der Waals surface area (Å²) in [5.74, 6) is -0.0472. The predicted octanol–water partition coefficient (Wildman–Crippen LogP) is 2.49. The topological polar surface area (TPSA) is 46.9 Å². The number of carbonyl (C=O) groups excluding carboxylic acids is 1. The van der Waals surface area contributed by atoms with Gasteiger partial charge in [-0.15, -0.1) is 0 Å². The summed E-state index contributed by atoms with van der Waals surface area (Å²) in [6, 6.07) is 11.4. The van der Waals surface area contributed by atoms with Crippen LogP contribution in [0.25, 0.3) is 0 Å². The average Bonchev–Trinajstić information content (AvgIpc) is 2.75. The summed E-state index contributed by atoms with van der Waals surface area (Å²) in [7, 11) is 0. The van der Waals surface area contributed by atoms with Gasteiger partial charge < -0.3 is 5.32 Å². The first-order chi connectivity index (χ1) is 9.08. The molecular weight excluding hydrogens is 238 g/mol. The van der Waals surface area contributed by atoms with Crippen LogP contribution in [0.1, 0.15) is 34.7 Å². The Morgan fingerprint density at radius 3 is 2.58 bits per heavy atom. The number of aromatic nitrogens is 2. The van der Waals surface area contributed by atoms with Gasteiger partial charge in [0.25, 0.3) is 5.91 Å². The lowest BCUT2D eigenvalue weighted by atomic mass is 10.2. The maximum absolute atomic E-state index is 11.9. The maximum Gasteiger partial charge on any atom is 0.251 e. The zero-order chi connectivity index (χ0) is 13.8. The van der Waals surface area contributed by atoms with Gasteiger partial charge >= 0.3 is 0 Å². The Morgan fingerprint density at radius 2 is 2.00 bits per heavy atom. The first kappa shape index (κ1) is 13.3. The highest BCUT2D eigenvalue weighted by Crippen LogP contribution is 2.10. The first-order valence-electron chi connectivity index (χ1n) is 6.44. The van der Waals surface area contributed by atoms with E-state index in [1.54, 1.807) is 0 Å². The fraction of sp³-hybridized carbons (Fsp3) is 0.333. The van der Waals surface area contributed by atoms with Crippen molar-refractivity contribution >= 4 is 5.91 Å². The first-order valence-corrected chi connectivity index (χ1v) is 6.44. The molecule has 0 aliphatic rings. The summed E-state index contributed by atoms with van der Waals surface area (Å²) in [5, 5.41) is 7.36. The average molecular weight is 257 g/mol. The highest BCUT2D eigenvalue weighted by Gasteiger charge is 2.11. The minimum atomic E-state index is -0.0472. The maximum atomic E-state index is 11.9. The predicted molar refractivity (Wildman–Crippen MR) is 75.2 cm³/mol. The van der Waals surface area contributed by atoms with Gasteiger partial charge in [-0.05, 0) is 39.0 Å². The van der Waals surface area contributed by atoms with Crippen molar-refractivity contribution in [2.75, 3.05) is 6.54 Å². The van der Waals surface area contributed by atoms with Crippen molar-refractivity contribution in [2.45, 2.75) is 26.8 Å². The van der Waals surface area contributed by atoms with Gasteiger partial charge in [0.05, 0.1) is 11.7 Å². The van der Waals surface area contributed by atoms with E-state index in [0.29, 0.717) is 12.1 Å². The standard InChI is InChI=1S/C15H19N3O/c1-11-9-12(2)18(17-11)13(3)10-16-15(19)14-7-5-4-6-8-14/h4-9,13H,10H2,1-3H3,(H,16,19)/t13-/m0/s1. The molecule has 4 heteroatoms. The van der Waals surface area contributed by atoms with E-state index in [1.165, 1.54) is 0 Å². The fourth-order valence-electron chi connectivity index (χ4n) is 2.11. The summed E-state index contributed by atoms with van der Waals surface area (Å²) < 4.78 is 1.95. The summed E-state index contributed by atoms with van der Waals surface area (Å²) in [5.41, 5.74) is 2.79. The summed E-state index contributed by atoms with van der Waals surface area (Å²) in [6.07, 6.45) is 0. The summed E-state index contributed by atoms with van der Waals surface area (Å²) >= 11 is 0. The Morgan fingerprint density at radius 1 is 1.32 bits per heavy atom. The molecule has 0 saturated heterocycles. The van der Waals surface area contributed by atoms with E-state index < -0.39 is 0 Å². The minimum Gasteiger partial charge on any atom is -0.350 e. The number of hydrogen-bond donors (Lipinski definition) is 1. The third-order valence-electron chi connectivity index (χ3n) is 3.06. The molecule has 0 radical (unpaired) electrons. The van der Waals surface area contributed by atoms with Crippen LogP contribution in [-0.2, 0) is 0 Å². The summed E-state index contributed by atoms with van der Waals surface area (Å²) in [6.45, 7) is 6.61. The molecule has 1 amide bonds. The molecule has 100 valence electrons. The molecule has 1 atom stereocenters. The van der Waals surface area contributed by atoms with Crippen LogP contribution in [0, 0.1) is 13.8 Å². The molecule has 1 aromatic heterocycles.